The number of aromatic nitrogens is 2. The molecule has 0 saturated heterocycles. The van der Waals surface area contributed by atoms with Gasteiger partial charge in [-0.2, -0.15) is 0 Å². The second-order valence-electron chi connectivity index (χ2n) is 3.51. The van der Waals surface area contributed by atoms with Gasteiger partial charge in [-0.15, -0.1) is 0 Å². The standard InChI is InChI=1S/C12H11ClN2.C2H6/c1-8-5-10(7-11(13)6-8)12-3-4-14-9(2)15-12;1-2/h3-7H,1-2H3;1-2H3. The van der Waals surface area contributed by atoms with Crippen LogP contribution < -0.4 is 0 Å². The predicted octanol–water partition coefficient (Wildman–Crippen LogP) is 4.44. The molecule has 90 valence electrons. The summed E-state index contributed by atoms with van der Waals surface area (Å²) in [5.74, 6) is 0.769. The molecule has 0 spiro atoms. The normalized spacial score (nSPS) is 9.47. The molecule has 2 rings (SSSR count). The minimum atomic E-state index is 0.737. The Hall–Kier alpha value is -1.41. The Morgan fingerprint density at radius 2 is 1.76 bits per heavy atom. The van der Waals surface area contributed by atoms with Crippen molar-refractivity contribution in [2.45, 2.75) is 27.7 Å². The molecule has 0 saturated carbocycles. The van der Waals surface area contributed by atoms with E-state index in [1.165, 1.54) is 0 Å². The van der Waals surface area contributed by atoms with Crippen LogP contribution in [0.1, 0.15) is 25.2 Å². The van der Waals surface area contributed by atoms with Gasteiger partial charge in [0.2, 0.25) is 0 Å². The molecule has 2 nitrogen and oxygen atoms in total. The van der Waals surface area contributed by atoms with Crippen LogP contribution in [0.15, 0.2) is 30.5 Å². The van der Waals surface area contributed by atoms with E-state index in [-0.39, 0.29) is 0 Å². The topological polar surface area (TPSA) is 25.8 Å². The van der Waals surface area contributed by atoms with Crippen LogP contribution in [0.4, 0.5) is 0 Å². The second kappa shape index (κ2) is 6.36. The van der Waals surface area contributed by atoms with Gasteiger partial charge in [0, 0.05) is 16.8 Å². The number of halogens is 1. The summed E-state index contributed by atoms with van der Waals surface area (Å²) in [6.07, 6.45) is 1.76. The molecule has 2 aromatic rings. The Labute approximate surface area is 108 Å². The summed E-state index contributed by atoms with van der Waals surface area (Å²) in [6, 6.07) is 7.79. The monoisotopic (exact) mass is 248 g/mol. The minimum Gasteiger partial charge on any atom is -0.242 e. The highest BCUT2D eigenvalue weighted by Crippen LogP contribution is 2.22. The average molecular weight is 249 g/mol. The lowest BCUT2D eigenvalue weighted by atomic mass is 10.1. The van der Waals surface area contributed by atoms with Crippen molar-refractivity contribution in [2.24, 2.45) is 0 Å². The van der Waals surface area contributed by atoms with Crippen molar-refractivity contribution in [1.29, 1.82) is 0 Å². The largest absolute Gasteiger partial charge is 0.242 e. The maximum absolute atomic E-state index is 6.00. The summed E-state index contributed by atoms with van der Waals surface area (Å²) in [6.45, 7) is 7.89. The van der Waals surface area contributed by atoms with Crippen molar-refractivity contribution < 1.29 is 0 Å². The third-order valence-electron chi connectivity index (χ3n) is 2.11. The van der Waals surface area contributed by atoms with Gasteiger partial charge in [-0.1, -0.05) is 25.4 Å². The lowest BCUT2D eigenvalue weighted by Crippen LogP contribution is -1.90. The van der Waals surface area contributed by atoms with Gasteiger partial charge >= 0.3 is 0 Å². The quantitative estimate of drug-likeness (QED) is 0.746. The fourth-order valence-corrected chi connectivity index (χ4v) is 1.79. The van der Waals surface area contributed by atoms with Crippen molar-refractivity contribution in [1.82, 2.24) is 9.97 Å². The zero-order valence-corrected chi connectivity index (χ0v) is 11.4. The van der Waals surface area contributed by atoms with E-state index in [1.807, 2.05) is 45.9 Å². The van der Waals surface area contributed by atoms with Crippen molar-refractivity contribution in [3.05, 3.63) is 46.9 Å². The van der Waals surface area contributed by atoms with Gasteiger partial charge < -0.3 is 0 Å². The van der Waals surface area contributed by atoms with E-state index in [4.69, 9.17) is 11.6 Å². The molecular formula is C14H17ClN2. The van der Waals surface area contributed by atoms with Gasteiger partial charge in [0.1, 0.15) is 5.82 Å². The number of aryl methyl sites for hydroxylation is 2. The molecule has 0 radical (unpaired) electrons. The first kappa shape index (κ1) is 13.7. The van der Waals surface area contributed by atoms with Gasteiger partial charge in [0.25, 0.3) is 0 Å². The summed E-state index contributed by atoms with van der Waals surface area (Å²) in [5.41, 5.74) is 3.08. The molecule has 0 bridgehead atoms. The Morgan fingerprint density at radius 1 is 1.06 bits per heavy atom. The maximum Gasteiger partial charge on any atom is 0.125 e. The third kappa shape index (κ3) is 3.82. The third-order valence-corrected chi connectivity index (χ3v) is 2.33. The molecule has 0 fully saturated rings. The Morgan fingerprint density at radius 3 is 2.35 bits per heavy atom. The number of benzene rings is 1. The van der Waals surface area contributed by atoms with E-state index in [1.54, 1.807) is 6.20 Å². The van der Waals surface area contributed by atoms with Crippen LogP contribution in [0, 0.1) is 13.8 Å². The molecule has 0 N–H and O–H groups in total. The lowest BCUT2D eigenvalue weighted by Gasteiger charge is -2.03. The van der Waals surface area contributed by atoms with Crippen LogP contribution in [0.2, 0.25) is 5.02 Å². The van der Waals surface area contributed by atoms with E-state index in [0.717, 1.165) is 27.7 Å². The predicted molar refractivity (Wildman–Crippen MR) is 73.3 cm³/mol. The highest BCUT2D eigenvalue weighted by molar-refractivity contribution is 6.30. The Kier molecular flexibility index (Phi) is 5.11. The van der Waals surface area contributed by atoms with Crippen molar-refractivity contribution in [3.8, 4) is 11.3 Å². The van der Waals surface area contributed by atoms with Crippen LogP contribution in [0.3, 0.4) is 0 Å². The van der Waals surface area contributed by atoms with E-state index < -0.39 is 0 Å². The number of hydrogen-bond acceptors (Lipinski definition) is 2. The van der Waals surface area contributed by atoms with Crippen molar-refractivity contribution in [3.63, 3.8) is 0 Å². The second-order valence-corrected chi connectivity index (χ2v) is 3.94. The van der Waals surface area contributed by atoms with Gasteiger partial charge in [-0.05, 0) is 43.7 Å². The molecule has 0 aliphatic rings. The summed E-state index contributed by atoms with van der Waals surface area (Å²) in [7, 11) is 0. The van der Waals surface area contributed by atoms with Crippen LogP contribution >= 0.6 is 11.6 Å². The Balaban J connectivity index is 0.000000686. The molecule has 0 aliphatic heterocycles. The number of nitrogens with zero attached hydrogens (tertiary/aromatic N) is 2. The van der Waals surface area contributed by atoms with Crippen LogP contribution in [-0.2, 0) is 0 Å². The highest BCUT2D eigenvalue weighted by atomic mass is 35.5. The molecule has 0 atom stereocenters. The first-order valence-corrected chi connectivity index (χ1v) is 6.10. The molecule has 3 heteroatoms. The van der Waals surface area contributed by atoms with Gasteiger partial charge in [0.05, 0.1) is 5.69 Å². The smallest absolute Gasteiger partial charge is 0.125 e. The SMILES string of the molecule is CC.Cc1cc(Cl)cc(-c2ccnc(C)n2)c1. The van der Waals surface area contributed by atoms with Crippen molar-refractivity contribution in [2.75, 3.05) is 0 Å². The Bertz CT molecular complexity index is 475. The maximum atomic E-state index is 6.00. The van der Waals surface area contributed by atoms with Gasteiger partial charge in [-0.25, -0.2) is 9.97 Å². The zero-order valence-electron chi connectivity index (χ0n) is 10.7. The molecule has 0 amide bonds. The molecule has 1 heterocycles. The minimum absolute atomic E-state index is 0.737. The van der Waals surface area contributed by atoms with E-state index in [0.29, 0.717) is 0 Å². The van der Waals surface area contributed by atoms with Crippen molar-refractivity contribution >= 4 is 11.6 Å². The van der Waals surface area contributed by atoms with Gasteiger partial charge in [0.15, 0.2) is 0 Å². The van der Waals surface area contributed by atoms with E-state index >= 15 is 0 Å². The van der Waals surface area contributed by atoms with Crippen LogP contribution in [0.5, 0.6) is 0 Å². The summed E-state index contributed by atoms with van der Waals surface area (Å²) in [5, 5.41) is 0.737. The van der Waals surface area contributed by atoms with Crippen LogP contribution in [-0.4, -0.2) is 9.97 Å². The van der Waals surface area contributed by atoms with Crippen LogP contribution in [0.25, 0.3) is 11.3 Å². The zero-order chi connectivity index (χ0) is 12.8. The fraction of sp³-hybridized carbons (Fsp3) is 0.286. The fourth-order valence-electron chi connectivity index (χ4n) is 1.50. The lowest BCUT2D eigenvalue weighted by molar-refractivity contribution is 1.06. The summed E-state index contributed by atoms with van der Waals surface area (Å²) < 4.78 is 0. The molecular weight excluding hydrogens is 232 g/mol. The van der Waals surface area contributed by atoms with E-state index in [2.05, 4.69) is 16.0 Å². The van der Waals surface area contributed by atoms with E-state index in [9.17, 15) is 0 Å². The molecule has 1 aromatic carbocycles. The average Bonchev–Trinajstić information content (AvgIpc) is 2.30. The summed E-state index contributed by atoms with van der Waals surface area (Å²) in [4.78, 5) is 8.42. The molecule has 0 unspecified atom stereocenters. The number of rotatable bonds is 1. The first-order valence-electron chi connectivity index (χ1n) is 5.72. The first-order chi connectivity index (χ1) is 8.15. The highest BCUT2D eigenvalue weighted by Gasteiger charge is 2.02. The number of hydrogen-bond donors (Lipinski definition) is 0. The summed E-state index contributed by atoms with van der Waals surface area (Å²) >= 11 is 6.00. The molecule has 17 heavy (non-hydrogen) atoms. The molecule has 1 aromatic heterocycles. The van der Waals surface area contributed by atoms with Gasteiger partial charge in [-0.3, -0.25) is 0 Å². The molecule has 0 aliphatic carbocycles.